The second kappa shape index (κ2) is 9.03. The number of methoxy groups -OCH3 is 1. The third-order valence-electron chi connectivity index (χ3n) is 3.79. The van der Waals surface area contributed by atoms with Crippen LogP contribution < -0.4 is 14.2 Å². The summed E-state index contributed by atoms with van der Waals surface area (Å²) in [4.78, 5) is 0. The first-order valence-electron chi connectivity index (χ1n) is 8.42. The number of benzene rings is 2. The highest BCUT2D eigenvalue weighted by Crippen LogP contribution is 2.31. The first-order valence-corrected chi connectivity index (χ1v) is 11.1. The van der Waals surface area contributed by atoms with Crippen molar-refractivity contribution >= 4 is 38.9 Å². The molecule has 158 valence electrons. The second-order valence-corrected chi connectivity index (χ2v) is 8.86. The maximum atomic E-state index is 14.4. The molecule has 0 saturated heterocycles. The summed E-state index contributed by atoms with van der Waals surface area (Å²) in [6, 6.07) is 10.4. The molecule has 0 atom stereocenters. The molecule has 2 aromatic carbocycles. The molecule has 11 heteroatoms. The van der Waals surface area contributed by atoms with Crippen molar-refractivity contribution in [3.8, 4) is 22.9 Å². The lowest BCUT2D eigenvalue weighted by Gasteiger charge is -2.12. The van der Waals surface area contributed by atoms with Gasteiger partial charge in [-0.15, -0.1) is 10.2 Å². The zero-order chi connectivity index (χ0) is 21.9. The normalized spacial score (nSPS) is 11.2. The molecule has 0 unspecified atom stereocenters. The second-order valence-electron chi connectivity index (χ2n) is 6.23. The number of rotatable bonds is 7. The van der Waals surface area contributed by atoms with Crippen molar-refractivity contribution in [2.75, 3.05) is 18.1 Å². The van der Waals surface area contributed by atoms with E-state index in [1.54, 1.807) is 18.2 Å². The van der Waals surface area contributed by atoms with Gasteiger partial charge in [0.25, 0.3) is 5.88 Å². The van der Waals surface area contributed by atoms with E-state index in [0.29, 0.717) is 15.8 Å². The number of nitrogens with zero attached hydrogens (tertiary/aromatic N) is 2. The van der Waals surface area contributed by atoms with Crippen LogP contribution in [-0.4, -0.2) is 32.0 Å². The summed E-state index contributed by atoms with van der Waals surface area (Å²) in [6.07, 6.45) is 0.976. The third-order valence-corrected chi connectivity index (χ3v) is 4.82. The summed E-state index contributed by atoms with van der Waals surface area (Å²) < 4.78 is 50.6. The van der Waals surface area contributed by atoms with E-state index in [1.807, 2.05) is 0 Å². The Morgan fingerprint density at radius 2 is 1.77 bits per heavy atom. The van der Waals surface area contributed by atoms with Gasteiger partial charge in [0.05, 0.1) is 19.1 Å². The lowest BCUT2D eigenvalue weighted by molar-refractivity contribution is 0.306. The van der Waals surface area contributed by atoms with Crippen LogP contribution >= 0.6 is 23.2 Å². The standard InChI is InChI=1S/C19H16Cl2FN3O4S/c1-28-19-18(25-30(2,26)27)9-17(23-24-19)15-8-14(3-4-16(15)22)29-10-11-5-12(20)7-13(21)6-11/h3-9H,10H2,1-2H3,(H,23,25). The van der Waals surface area contributed by atoms with Gasteiger partial charge in [-0.25, -0.2) is 12.8 Å². The molecule has 0 radical (unpaired) electrons. The van der Waals surface area contributed by atoms with Crippen LogP contribution in [-0.2, 0) is 16.6 Å². The molecule has 0 bridgehead atoms. The monoisotopic (exact) mass is 471 g/mol. The Balaban J connectivity index is 1.90. The first kappa shape index (κ1) is 22.1. The smallest absolute Gasteiger partial charge is 0.257 e. The average Bonchev–Trinajstić information content (AvgIpc) is 2.65. The fourth-order valence-electron chi connectivity index (χ4n) is 2.59. The molecule has 0 spiro atoms. The Morgan fingerprint density at radius 3 is 2.40 bits per heavy atom. The molecular formula is C19H16Cl2FN3O4S. The van der Waals surface area contributed by atoms with Crippen LogP contribution in [0.2, 0.25) is 10.0 Å². The summed E-state index contributed by atoms with van der Waals surface area (Å²) in [5.41, 5.74) is 0.936. The van der Waals surface area contributed by atoms with Crippen LogP contribution in [0.15, 0.2) is 42.5 Å². The highest BCUT2D eigenvalue weighted by atomic mass is 35.5. The predicted octanol–water partition coefficient (Wildman–Crippen LogP) is 4.55. The van der Waals surface area contributed by atoms with Gasteiger partial charge in [-0.3, -0.25) is 4.72 Å². The van der Waals surface area contributed by atoms with Crippen molar-refractivity contribution in [3.63, 3.8) is 0 Å². The Bertz CT molecular complexity index is 1170. The maximum Gasteiger partial charge on any atom is 0.257 e. The number of aromatic nitrogens is 2. The molecule has 0 amide bonds. The third kappa shape index (κ3) is 5.71. The van der Waals surface area contributed by atoms with E-state index in [9.17, 15) is 12.8 Å². The van der Waals surface area contributed by atoms with Crippen LogP contribution in [0.3, 0.4) is 0 Å². The van der Waals surface area contributed by atoms with Gasteiger partial charge < -0.3 is 9.47 Å². The molecule has 1 N–H and O–H groups in total. The van der Waals surface area contributed by atoms with Crippen molar-refractivity contribution in [3.05, 3.63) is 63.9 Å². The number of hydrogen-bond donors (Lipinski definition) is 1. The maximum absolute atomic E-state index is 14.4. The molecule has 0 aliphatic carbocycles. The van der Waals surface area contributed by atoms with E-state index in [0.717, 1.165) is 11.8 Å². The van der Waals surface area contributed by atoms with Gasteiger partial charge in [0, 0.05) is 15.6 Å². The van der Waals surface area contributed by atoms with Crippen molar-refractivity contribution in [1.29, 1.82) is 0 Å². The van der Waals surface area contributed by atoms with E-state index in [4.69, 9.17) is 32.7 Å². The van der Waals surface area contributed by atoms with Crippen LogP contribution in [0.5, 0.6) is 11.6 Å². The number of anilines is 1. The number of nitrogens with one attached hydrogen (secondary N) is 1. The van der Waals surface area contributed by atoms with Crippen molar-refractivity contribution in [2.24, 2.45) is 0 Å². The van der Waals surface area contributed by atoms with Crippen molar-refractivity contribution in [1.82, 2.24) is 10.2 Å². The first-order chi connectivity index (χ1) is 14.1. The molecule has 1 aromatic heterocycles. The van der Waals surface area contributed by atoms with Crippen molar-refractivity contribution in [2.45, 2.75) is 6.61 Å². The summed E-state index contributed by atoms with van der Waals surface area (Å²) in [5, 5.41) is 8.66. The largest absolute Gasteiger partial charge is 0.489 e. The molecule has 0 fully saturated rings. The van der Waals surface area contributed by atoms with E-state index < -0.39 is 15.8 Å². The molecule has 0 aliphatic rings. The summed E-state index contributed by atoms with van der Waals surface area (Å²) in [6.45, 7) is 0.153. The lowest BCUT2D eigenvalue weighted by Crippen LogP contribution is -2.12. The molecule has 7 nitrogen and oxygen atoms in total. The van der Waals surface area contributed by atoms with Crippen LogP contribution in [0.25, 0.3) is 11.3 Å². The number of hydrogen-bond acceptors (Lipinski definition) is 6. The van der Waals surface area contributed by atoms with Gasteiger partial charge in [-0.05, 0) is 48.0 Å². The quantitative estimate of drug-likeness (QED) is 0.543. The van der Waals surface area contributed by atoms with Crippen molar-refractivity contribution < 1.29 is 22.3 Å². The molecule has 0 saturated carbocycles. The summed E-state index contributed by atoms with van der Waals surface area (Å²) in [5.74, 6) is -0.273. The van der Waals surface area contributed by atoms with Crippen LogP contribution in [0.4, 0.5) is 10.1 Å². The SMILES string of the molecule is COc1nnc(-c2cc(OCc3cc(Cl)cc(Cl)c3)ccc2F)cc1NS(C)(=O)=O. The molecule has 3 aromatic rings. The highest BCUT2D eigenvalue weighted by molar-refractivity contribution is 7.92. The topological polar surface area (TPSA) is 90.4 Å². The van der Waals surface area contributed by atoms with E-state index in [-0.39, 0.29) is 29.4 Å². The zero-order valence-electron chi connectivity index (χ0n) is 15.8. The highest BCUT2D eigenvalue weighted by Gasteiger charge is 2.16. The Hall–Kier alpha value is -2.62. The molecular weight excluding hydrogens is 456 g/mol. The van der Waals surface area contributed by atoms with Gasteiger partial charge in [-0.2, -0.15) is 0 Å². The summed E-state index contributed by atoms with van der Waals surface area (Å²) in [7, 11) is -2.30. The Labute approximate surface area is 182 Å². The number of sulfonamides is 1. The minimum Gasteiger partial charge on any atom is -0.489 e. The predicted molar refractivity (Wildman–Crippen MR) is 113 cm³/mol. The molecule has 0 aliphatic heterocycles. The Morgan fingerprint density at radius 1 is 1.07 bits per heavy atom. The van der Waals surface area contributed by atoms with Gasteiger partial charge in [-0.1, -0.05) is 23.2 Å². The van der Waals surface area contributed by atoms with E-state index in [2.05, 4.69) is 14.9 Å². The van der Waals surface area contributed by atoms with E-state index in [1.165, 1.54) is 31.4 Å². The minimum absolute atomic E-state index is 0.0318. The fourth-order valence-corrected chi connectivity index (χ4v) is 3.70. The molecule has 3 rings (SSSR count). The van der Waals surface area contributed by atoms with Crippen LogP contribution in [0.1, 0.15) is 5.56 Å². The van der Waals surface area contributed by atoms with Gasteiger partial charge in [0.15, 0.2) is 0 Å². The zero-order valence-corrected chi connectivity index (χ0v) is 18.1. The fraction of sp³-hybridized carbons (Fsp3) is 0.158. The number of ether oxygens (including phenoxy) is 2. The van der Waals surface area contributed by atoms with E-state index >= 15 is 0 Å². The molecule has 1 heterocycles. The minimum atomic E-state index is -3.61. The number of halogens is 3. The summed E-state index contributed by atoms with van der Waals surface area (Å²) >= 11 is 12.0. The van der Waals surface area contributed by atoms with Crippen LogP contribution in [0, 0.1) is 5.82 Å². The molecule has 30 heavy (non-hydrogen) atoms. The van der Waals surface area contributed by atoms with Gasteiger partial charge >= 0.3 is 0 Å². The van der Waals surface area contributed by atoms with Gasteiger partial charge in [0.2, 0.25) is 10.0 Å². The average molecular weight is 472 g/mol. The van der Waals surface area contributed by atoms with Gasteiger partial charge in [0.1, 0.15) is 23.9 Å². The Kier molecular flexibility index (Phi) is 6.64. The lowest BCUT2D eigenvalue weighted by atomic mass is 10.1.